The third-order valence-electron chi connectivity index (χ3n) is 1.95. The van der Waals surface area contributed by atoms with Gasteiger partial charge in [0.05, 0.1) is 0 Å². The third-order valence-corrected chi connectivity index (χ3v) is 1.95. The van der Waals surface area contributed by atoms with Crippen molar-refractivity contribution in [3.05, 3.63) is 0 Å². The SMILES string of the molecule is CC(C)C(C=O)C(C)C(N)=O. The molecule has 0 saturated heterocycles. The fourth-order valence-corrected chi connectivity index (χ4v) is 1.04. The lowest BCUT2D eigenvalue weighted by molar-refractivity contribution is -0.127. The van der Waals surface area contributed by atoms with Crippen LogP contribution in [0.4, 0.5) is 0 Å². The van der Waals surface area contributed by atoms with E-state index >= 15 is 0 Å². The molecular formula is C8H15NO2. The molecule has 2 N–H and O–H groups in total. The first kappa shape index (κ1) is 10.1. The van der Waals surface area contributed by atoms with E-state index in [2.05, 4.69) is 0 Å². The van der Waals surface area contributed by atoms with Crippen molar-refractivity contribution < 1.29 is 9.59 Å². The quantitative estimate of drug-likeness (QED) is 0.607. The average Bonchev–Trinajstić information content (AvgIpc) is 1.88. The van der Waals surface area contributed by atoms with Crippen molar-refractivity contribution in [2.24, 2.45) is 23.5 Å². The van der Waals surface area contributed by atoms with Crippen LogP contribution in [0.15, 0.2) is 0 Å². The number of aldehydes is 1. The van der Waals surface area contributed by atoms with Crippen molar-refractivity contribution in [2.75, 3.05) is 0 Å². The Kier molecular flexibility index (Phi) is 3.79. The molecule has 0 aromatic heterocycles. The van der Waals surface area contributed by atoms with Gasteiger partial charge in [0, 0.05) is 11.8 Å². The second kappa shape index (κ2) is 4.11. The number of hydrogen-bond donors (Lipinski definition) is 1. The van der Waals surface area contributed by atoms with Crippen LogP contribution < -0.4 is 5.73 Å². The molecular weight excluding hydrogens is 142 g/mol. The van der Waals surface area contributed by atoms with E-state index in [1.807, 2.05) is 13.8 Å². The third kappa shape index (κ3) is 2.70. The minimum Gasteiger partial charge on any atom is -0.369 e. The zero-order valence-electron chi connectivity index (χ0n) is 7.20. The number of primary amides is 1. The summed E-state index contributed by atoms with van der Waals surface area (Å²) in [5.41, 5.74) is 5.05. The highest BCUT2D eigenvalue weighted by Crippen LogP contribution is 2.17. The normalized spacial score (nSPS) is 16.0. The van der Waals surface area contributed by atoms with Gasteiger partial charge >= 0.3 is 0 Å². The van der Waals surface area contributed by atoms with Gasteiger partial charge in [0.15, 0.2) is 0 Å². The van der Waals surface area contributed by atoms with Crippen LogP contribution in [0.1, 0.15) is 20.8 Å². The Labute approximate surface area is 67.0 Å². The second-order valence-electron chi connectivity index (χ2n) is 3.15. The minimum absolute atomic E-state index is 0.176. The van der Waals surface area contributed by atoms with Gasteiger partial charge in [-0.15, -0.1) is 0 Å². The van der Waals surface area contributed by atoms with Crippen LogP contribution in [0.25, 0.3) is 0 Å². The average molecular weight is 157 g/mol. The van der Waals surface area contributed by atoms with E-state index in [0.717, 1.165) is 6.29 Å². The molecule has 2 atom stereocenters. The molecule has 2 unspecified atom stereocenters. The van der Waals surface area contributed by atoms with E-state index in [1.54, 1.807) is 6.92 Å². The Bertz CT molecular complexity index is 154. The number of amides is 1. The number of carbonyl (C=O) groups excluding carboxylic acids is 2. The highest BCUT2D eigenvalue weighted by Gasteiger charge is 2.23. The maximum Gasteiger partial charge on any atom is 0.220 e. The van der Waals surface area contributed by atoms with Crippen molar-refractivity contribution in [3.8, 4) is 0 Å². The van der Waals surface area contributed by atoms with Crippen LogP contribution in [0.5, 0.6) is 0 Å². The molecule has 0 aliphatic carbocycles. The van der Waals surface area contributed by atoms with E-state index in [4.69, 9.17) is 5.73 Å². The monoisotopic (exact) mass is 157 g/mol. The zero-order chi connectivity index (χ0) is 9.02. The van der Waals surface area contributed by atoms with Crippen LogP contribution in [-0.2, 0) is 9.59 Å². The van der Waals surface area contributed by atoms with Crippen molar-refractivity contribution in [3.63, 3.8) is 0 Å². The zero-order valence-corrected chi connectivity index (χ0v) is 7.20. The molecule has 3 nitrogen and oxygen atoms in total. The smallest absolute Gasteiger partial charge is 0.220 e. The Morgan fingerprint density at radius 2 is 1.82 bits per heavy atom. The first-order valence-electron chi connectivity index (χ1n) is 3.75. The summed E-state index contributed by atoms with van der Waals surface area (Å²) < 4.78 is 0. The van der Waals surface area contributed by atoms with Crippen molar-refractivity contribution in [1.82, 2.24) is 0 Å². The van der Waals surface area contributed by atoms with E-state index in [-0.39, 0.29) is 17.8 Å². The molecule has 0 heterocycles. The van der Waals surface area contributed by atoms with Gasteiger partial charge in [-0.25, -0.2) is 0 Å². The van der Waals surface area contributed by atoms with Crippen LogP contribution in [0.3, 0.4) is 0 Å². The summed E-state index contributed by atoms with van der Waals surface area (Å²) in [6.45, 7) is 5.48. The van der Waals surface area contributed by atoms with Crippen molar-refractivity contribution in [2.45, 2.75) is 20.8 Å². The molecule has 0 radical (unpaired) electrons. The lowest BCUT2D eigenvalue weighted by Crippen LogP contribution is -2.31. The Morgan fingerprint density at radius 1 is 1.36 bits per heavy atom. The Balaban J connectivity index is 4.25. The van der Waals surface area contributed by atoms with Gasteiger partial charge < -0.3 is 10.5 Å². The standard InChI is InChI=1S/C8H15NO2/c1-5(2)7(4-10)6(3)8(9)11/h4-7H,1-3H3,(H2,9,11). The van der Waals surface area contributed by atoms with E-state index < -0.39 is 5.91 Å². The molecule has 0 spiro atoms. The Hall–Kier alpha value is -0.860. The lowest BCUT2D eigenvalue weighted by Gasteiger charge is -2.18. The fourth-order valence-electron chi connectivity index (χ4n) is 1.04. The largest absolute Gasteiger partial charge is 0.369 e. The fraction of sp³-hybridized carbons (Fsp3) is 0.750. The predicted molar refractivity (Wildman–Crippen MR) is 42.8 cm³/mol. The topological polar surface area (TPSA) is 60.2 Å². The van der Waals surface area contributed by atoms with Crippen molar-refractivity contribution >= 4 is 12.2 Å². The van der Waals surface area contributed by atoms with Gasteiger partial charge in [-0.05, 0) is 5.92 Å². The summed E-state index contributed by atoms with van der Waals surface area (Å²) in [5.74, 6) is -0.828. The molecule has 0 aliphatic rings. The summed E-state index contributed by atoms with van der Waals surface area (Å²) in [6, 6.07) is 0. The summed E-state index contributed by atoms with van der Waals surface area (Å²) >= 11 is 0. The molecule has 1 amide bonds. The number of hydrogen-bond acceptors (Lipinski definition) is 2. The van der Waals surface area contributed by atoms with Gasteiger partial charge in [-0.2, -0.15) is 0 Å². The summed E-state index contributed by atoms with van der Waals surface area (Å²) in [4.78, 5) is 21.2. The summed E-state index contributed by atoms with van der Waals surface area (Å²) in [5, 5.41) is 0. The van der Waals surface area contributed by atoms with Gasteiger partial charge in [0.1, 0.15) is 6.29 Å². The van der Waals surface area contributed by atoms with E-state index in [0.29, 0.717) is 0 Å². The Morgan fingerprint density at radius 3 is 1.91 bits per heavy atom. The molecule has 0 aromatic carbocycles. The van der Waals surface area contributed by atoms with Gasteiger partial charge in [0.2, 0.25) is 5.91 Å². The molecule has 64 valence electrons. The van der Waals surface area contributed by atoms with E-state index in [1.165, 1.54) is 0 Å². The number of nitrogens with two attached hydrogens (primary N) is 1. The molecule has 0 aliphatic heterocycles. The molecule has 11 heavy (non-hydrogen) atoms. The van der Waals surface area contributed by atoms with Crippen LogP contribution in [0.2, 0.25) is 0 Å². The van der Waals surface area contributed by atoms with Crippen LogP contribution >= 0.6 is 0 Å². The van der Waals surface area contributed by atoms with E-state index in [9.17, 15) is 9.59 Å². The van der Waals surface area contributed by atoms with Crippen molar-refractivity contribution in [1.29, 1.82) is 0 Å². The predicted octanol–water partition coefficient (Wildman–Crippen LogP) is 0.579. The molecule has 0 rings (SSSR count). The minimum atomic E-state index is -0.407. The van der Waals surface area contributed by atoms with Crippen LogP contribution in [0, 0.1) is 17.8 Å². The highest BCUT2D eigenvalue weighted by atomic mass is 16.1. The molecule has 0 aromatic rings. The first-order valence-corrected chi connectivity index (χ1v) is 3.75. The van der Waals surface area contributed by atoms with Crippen LogP contribution in [-0.4, -0.2) is 12.2 Å². The highest BCUT2D eigenvalue weighted by molar-refractivity contribution is 5.79. The molecule has 0 fully saturated rings. The molecule has 3 heteroatoms. The molecule has 0 bridgehead atoms. The second-order valence-corrected chi connectivity index (χ2v) is 3.15. The summed E-state index contributed by atoms with van der Waals surface area (Å²) in [6.07, 6.45) is 0.806. The number of rotatable bonds is 4. The first-order chi connectivity index (χ1) is 5.00. The van der Waals surface area contributed by atoms with Gasteiger partial charge in [-0.3, -0.25) is 4.79 Å². The maximum atomic E-state index is 10.7. The van der Waals surface area contributed by atoms with Gasteiger partial charge in [0.25, 0.3) is 0 Å². The molecule has 0 saturated carbocycles. The number of carbonyl (C=O) groups is 2. The van der Waals surface area contributed by atoms with Gasteiger partial charge in [-0.1, -0.05) is 20.8 Å². The maximum absolute atomic E-state index is 10.7. The summed E-state index contributed by atoms with van der Waals surface area (Å²) in [7, 11) is 0. The lowest BCUT2D eigenvalue weighted by atomic mass is 9.85.